The van der Waals surface area contributed by atoms with E-state index in [1.807, 2.05) is 0 Å². The van der Waals surface area contributed by atoms with Crippen LogP contribution in [0.3, 0.4) is 0 Å². The number of hydrogen-bond acceptors (Lipinski definition) is 8. The maximum Gasteiger partial charge on any atom is 0.315 e. The molecule has 0 aliphatic rings. The second kappa shape index (κ2) is 6.59. The molecule has 0 aliphatic carbocycles. The van der Waals surface area contributed by atoms with Crippen LogP contribution in [-0.4, -0.2) is 28.5 Å². The number of anilines is 1. The smallest absolute Gasteiger partial charge is 0.315 e. The van der Waals surface area contributed by atoms with E-state index < -0.39 is 0 Å². The summed E-state index contributed by atoms with van der Waals surface area (Å²) < 4.78 is 4.78. The third-order valence-corrected chi connectivity index (χ3v) is 3.30. The van der Waals surface area contributed by atoms with Crippen molar-refractivity contribution >= 4 is 34.2 Å². The van der Waals surface area contributed by atoms with Gasteiger partial charge in [-0.1, -0.05) is 11.3 Å². The van der Waals surface area contributed by atoms with Crippen molar-refractivity contribution in [2.24, 2.45) is 5.84 Å². The molecule has 0 unspecified atom stereocenters. The number of esters is 1. The Bertz CT molecular complexity index is 318. The lowest BCUT2D eigenvalue weighted by molar-refractivity contribution is -0.139. The molecule has 6 nitrogen and oxygen atoms in total. The number of thioether (sulfide) groups is 1. The van der Waals surface area contributed by atoms with E-state index in [9.17, 15) is 4.79 Å². The minimum atomic E-state index is -0.204. The molecule has 0 spiro atoms. The normalized spacial score (nSPS) is 10.0. The van der Waals surface area contributed by atoms with Crippen LogP contribution >= 0.6 is 23.1 Å². The van der Waals surface area contributed by atoms with Crippen molar-refractivity contribution in [3.05, 3.63) is 5.01 Å². The quantitative estimate of drug-likeness (QED) is 0.433. The molecule has 0 bridgehead atoms. The maximum absolute atomic E-state index is 11.0. The van der Waals surface area contributed by atoms with Gasteiger partial charge in [0.25, 0.3) is 0 Å². The molecule has 84 valence electrons. The Balaban J connectivity index is 2.22. The van der Waals surface area contributed by atoms with Crippen LogP contribution in [0, 0.1) is 0 Å². The first-order valence-corrected chi connectivity index (χ1v) is 6.25. The minimum absolute atomic E-state index is 0.204. The maximum atomic E-state index is 11.0. The van der Waals surface area contributed by atoms with Crippen molar-refractivity contribution in [2.75, 3.05) is 17.8 Å². The fourth-order valence-corrected chi connectivity index (χ4v) is 2.31. The van der Waals surface area contributed by atoms with E-state index in [1.165, 1.54) is 23.1 Å². The highest BCUT2D eigenvalue weighted by atomic mass is 32.2. The van der Waals surface area contributed by atoms with Crippen molar-refractivity contribution < 1.29 is 9.53 Å². The lowest BCUT2D eigenvalue weighted by atomic mass is 10.8. The number of aromatic nitrogens is 2. The zero-order valence-electron chi connectivity index (χ0n) is 8.23. The molecular formula is C7H12N4O2S2. The summed E-state index contributed by atoms with van der Waals surface area (Å²) in [5.41, 5.74) is 2.41. The third-order valence-electron chi connectivity index (χ3n) is 1.34. The summed E-state index contributed by atoms with van der Waals surface area (Å²) in [6.45, 7) is 2.20. The Morgan fingerprint density at radius 1 is 1.67 bits per heavy atom. The topological polar surface area (TPSA) is 90.1 Å². The SMILES string of the molecule is CCOC(=O)CSCc1nnc(NN)s1. The van der Waals surface area contributed by atoms with Crippen molar-refractivity contribution in [3.8, 4) is 0 Å². The van der Waals surface area contributed by atoms with Gasteiger partial charge in [0.15, 0.2) is 0 Å². The Morgan fingerprint density at radius 3 is 3.07 bits per heavy atom. The van der Waals surface area contributed by atoms with Crippen LogP contribution in [0.2, 0.25) is 0 Å². The van der Waals surface area contributed by atoms with E-state index in [4.69, 9.17) is 10.6 Å². The van der Waals surface area contributed by atoms with Gasteiger partial charge in [-0.2, -0.15) is 0 Å². The van der Waals surface area contributed by atoms with Crippen molar-refractivity contribution in [1.29, 1.82) is 0 Å². The summed E-state index contributed by atoms with van der Waals surface area (Å²) >= 11 is 2.81. The van der Waals surface area contributed by atoms with Crippen molar-refractivity contribution in [2.45, 2.75) is 12.7 Å². The van der Waals surface area contributed by atoms with Crippen LogP contribution in [-0.2, 0) is 15.3 Å². The molecule has 0 amide bonds. The van der Waals surface area contributed by atoms with Gasteiger partial charge in [-0.25, -0.2) is 5.84 Å². The molecule has 3 N–H and O–H groups in total. The Labute approximate surface area is 95.6 Å². The summed E-state index contributed by atoms with van der Waals surface area (Å²) in [5, 5.41) is 9.06. The molecule has 0 saturated carbocycles. The highest BCUT2D eigenvalue weighted by Gasteiger charge is 2.05. The number of nitrogens with one attached hydrogen (secondary N) is 1. The van der Waals surface area contributed by atoms with Gasteiger partial charge < -0.3 is 4.74 Å². The van der Waals surface area contributed by atoms with E-state index in [0.29, 0.717) is 23.2 Å². The molecule has 0 saturated heterocycles. The van der Waals surface area contributed by atoms with Crippen molar-refractivity contribution in [1.82, 2.24) is 10.2 Å². The fourth-order valence-electron chi connectivity index (χ4n) is 0.795. The molecule has 1 aromatic rings. The summed E-state index contributed by atoms with van der Waals surface area (Å²) in [4.78, 5) is 11.0. The summed E-state index contributed by atoms with van der Waals surface area (Å²) in [6.07, 6.45) is 0. The summed E-state index contributed by atoms with van der Waals surface area (Å²) in [7, 11) is 0. The first kappa shape index (κ1) is 12.2. The van der Waals surface area contributed by atoms with E-state index in [0.717, 1.165) is 5.01 Å². The van der Waals surface area contributed by atoms with Gasteiger partial charge in [-0.3, -0.25) is 10.2 Å². The second-order valence-electron chi connectivity index (χ2n) is 2.44. The number of rotatable bonds is 6. The van der Waals surface area contributed by atoms with Crippen LogP contribution in [0.4, 0.5) is 5.13 Å². The monoisotopic (exact) mass is 248 g/mol. The molecule has 0 atom stereocenters. The van der Waals surface area contributed by atoms with E-state index in [-0.39, 0.29) is 5.97 Å². The Hall–Kier alpha value is -0.860. The van der Waals surface area contributed by atoms with Gasteiger partial charge in [0.1, 0.15) is 5.01 Å². The Kier molecular flexibility index (Phi) is 5.37. The first-order chi connectivity index (χ1) is 7.26. The molecule has 1 rings (SSSR count). The molecular weight excluding hydrogens is 236 g/mol. The van der Waals surface area contributed by atoms with Crippen LogP contribution in [0.25, 0.3) is 0 Å². The molecule has 15 heavy (non-hydrogen) atoms. The number of hydrazine groups is 1. The number of nitrogens with zero attached hydrogens (tertiary/aromatic N) is 2. The van der Waals surface area contributed by atoms with E-state index in [1.54, 1.807) is 6.92 Å². The number of carbonyl (C=O) groups is 1. The molecule has 1 aromatic heterocycles. The Morgan fingerprint density at radius 2 is 2.47 bits per heavy atom. The predicted octanol–water partition coefficient (Wildman–Crippen LogP) is 0.620. The van der Waals surface area contributed by atoms with Gasteiger partial charge in [0, 0.05) is 5.75 Å². The third kappa shape index (κ3) is 4.45. The minimum Gasteiger partial charge on any atom is -0.465 e. The molecule has 0 aliphatic heterocycles. The van der Waals surface area contributed by atoms with Crippen LogP contribution in [0.5, 0.6) is 0 Å². The van der Waals surface area contributed by atoms with E-state index in [2.05, 4.69) is 15.6 Å². The fraction of sp³-hybridized carbons (Fsp3) is 0.571. The molecule has 1 heterocycles. The molecule has 8 heteroatoms. The van der Waals surface area contributed by atoms with Crippen LogP contribution in [0.1, 0.15) is 11.9 Å². The number of carbonyl (C=O) groups excluding carboxylic acids is 1. The number of ether oxygens (including phenoxy) is 1. The van der Waals surface area contributed by atoms with Gasteiger partial charge in [-0.05, 0) is 6.92 Å². The zero-order chi connectivity index (χ0) is 11.1. The lowest BCUT2D eigenvalue weighted by Crippen LogP contribution is -2.06. The predicted molar refractivity (Wildman–Crippen MR) is 60.5 cm³/mol. The standard InChI is InChI=1S/C7H12N4O2S2/c1-2-13-6(12)4-14-3-5-10-11-7(9-8)15-5/h2-4,8H2,1H3,(H,9,11). The highest BCUT2D eigenvalue weighted by Crippen LogP contribution is 2.19. The first-order valence-electron chi connectivity index (χ1n) is 4.28. The zero-order valence-corrected chi connectivity index (χ0v) is 9.86. The van der Waals surface area contributed by atoms with Crippen LogP contribution in [0.15, 0.2) is 0 Å². The summed E-state index contributed by atoms with van der Waals surface area (Å²) in [5.74, 6) is 5.92. The number of nitrogen functional groups attached to an aromatic ring is 1. The van der Waals surface area contributed by atoms with Crippen LogP contribution < -0.4 is 11.3 Å². The van der Waals surface area contributed by atoms with Gasteiger partial charge in [-0.15, -0.1) is 22.0 Å². The van der Waals surface area contributed by atoms with Crippen molar-refractivity contribution in [3.63, 3.8) is 0 Å². The molecule has 0 aromatic carbocycles. The van der Waals surface area contributed by atoms with Gasteiger partial charge >= 0.3 is 5.97 Å². The average Bonchev–Trinajstić information content (AvgIpc) is 2.66. The molecule has 0 fully saturated rings. The van der Waals surface area contributed by atoms with Gasteiger partial charge in [0.05, 0.1) is 12.4 Å². The number of hydrogen-bond donors (Lipinski definition) is 2. The summed E-state index contributed by atoms with van der Waals surface area (Å²) in [6, 6.07) is 0. The van der Waals surface area contributed by atoms with Gasteiger partial charge in [0.2, 0.25) is 5.13 Å². The average molecular weight is 248 g/mol. The number of nitrogens with two attached hydrogens (primary N) is 1. The largest absolute Gasteiger partial charge is 0.465 e. The molecule has 0 radical (unpaired) electrons. The van der Waals surface area contributed by atoms with E-state index >= 15 is 0 Å². The highest BCUT2D eigenvalue weighted by molar-refractivity contribution is 7.99. The lowest BCUT2D eigenvalue weighted by Gasteiger charge is -1.99. The second-order valence-corrected chi connectivity index (χ2v) is 4.49.